The van der Waals surface area contributed by atoms with Gasteiger partial charge in [-0.2, -0.15) is 0 Å². The molecule has 6 nitrogen and oxygen atoms in total. The van der Waals surface area contributed by atoms with Crippen molar-refractivity contribution in [3.8, 4) is 5.75 Å². The first-order chi connectivity index (χ1) is 15.9. The number of hydrogen-bond donors (Lipinski definition) is 2. The van der Waals surface area contributed by atoms with Crippen LogP contribution < -0.4 is 20.3 Å². The van der Waals surface area contributed by atoms with Gasteiger partial charge in [-0.15, -0.1) is 0 Å². The fourth-order valence-electron chi connectivity index (χ4n) is 4.59. The van der Waals surface area contributed by atoms with Crippen molar-refractivity contribution in [1.82, 2.24) is 10.6 Å². The highest BCUT2D eigenvalue weighted by Crippen LogP contribution is 2.46. The summed E-state index contributed by atoms with van der Waals surface area (Å²) in [5, 5.41) is 6.06. The number of fused-ring (bicyclic) bond motifs is 4. The summed E-state index contributed by atoms with van der Waals surface area (Å²) in [7, 11) is 0. The number of rotatable bonds is 5. The highest BCUT2D eigenvalue weighted by molar-refractivity contribution is 9.10. The number of ether oxygens (including phenoxy) is 1. The molecule has 1 saturated heterocycles. The second-order valence-corrected chi connectivity index (χ2v) is 9.46. The summed E-state index contributed by atoms with van der Waals surface area (Å²) < 4.78 is 7.28. The summed E-state index contributed by atoms with van der Waals surface area (Å²) >= 11 is 3.49. The Hall–Kier alpha value is -3.32. The first kappa shape index (κ1) is 21.5. The van der Waals surface area contributed by atoms with Gasteiger partial charge in [-0.25, -0.2) is 4.79 Å². The zero-order chi connectivity index (χ0) is 23.0. The van der Waals surface area contributed by atoms with Crippen molar-refractivity contribution >= 4 is 33.6 Å². The Kier molecular flexibility index (Phi) is 5.58. The smallest absolute Gasteiger partial charge is 0.325 e. The van der Waals surface area contributed by atoms with Crippen LogP contribution in [0.15, 0.2) is 77.3 Å². The van der Waals surface area contributed by atoms with Crippen LogP contribution in [0.1, 0.15) is 40.9 Å². The van der Waals surface area contributed by atoms with E-state index in [1.165, 1.54) is 5.56 Å². The van der Waals surface area contributed by atoms with Crippen LogP contribution in [0.25, 0.3) is 0 Å². The molecule has 0 spiro atoms. The average molecular weight is 506 g/mol. The van der Waals surface area contributed by atoms with E-state index >= 15 is 0 Å². The molecule has 0 unspecified atom stereocenters. The number of amides is 3. The van der Waals surface area contributed by atoms with E-state index in [9.17, 15) is 9.59 Å². The van der Waals surface area contributed by atoms with Gasteiger partial charge in [0.2, 0.25) is 0 Å². The molecule has 2 atom stereocenters. The van der Waals surface area contributed by atoms with Gasteiger partial charge in [0.15, 0.2) is 5.72 Å². The highest BCUT2D eigenvalue weighted by atomic mass is 79.9. The van der Waals surface area contributed by atoms with Crippen molar-refractivity contribution in [3.63, 3.8) is 0 Å². The van der Waals surface area contributed by atoms with Crippen molar-refractivity contribution in [2.75, 3.05) is 11.4 Å². The third kappa shape index (κ3) is 4.20. The Morgan fingerprint density at radius 2 is 1.97 bits per heavy atom. The maximum Gasteiger partial charge on any atom is 0.325 e. The van der Waals surface area contributed by atoms with Gasteiger partial charge in [0.1, 0.15) is 5.75 Å². The second-order valence-electron chi connectivity index (χ2n) is 8.54. The molecule has 2 aliphatic rings. The molecule has 0 saturated carbocycles. The summed E-state index contributed by atoms with van der Waals surface area (Å²) in [6, 6.07) is 22.6. The minimum absolute atomic E-state index is 0.135. The Morgan fingerprint density at radius 3 is 2.79 bits per heavy atom. The summed E-state index contributed by atoms with van der Waals surface area (Å²) in [5.41, 5.74) is 2.38. The molecule has 0 radical (unpaired) electrons. The number of carbonyl (C=O) groups is 2. The van der Waals surface area contributed by atoms with Crippen molar-refractivity contribution in [3.05, 3.63) is 94.0 Å². The van der Waals surface area contributed by atoms with Crippen LogP contribution in [0.5, 0.6) is 5.75 Å². The Morgan fingerprint density at radius 1 is 1.15 bits per heavy atom. The minimum Gasteiger partial charge on any atom is -0.467 e. The quantitative estimate of drug-likeness (QED) is 0.501. The average Bonchev–Trinajstić information content (AvgIpc) is 2.80. The monoisotopic (exact) mass is 505 g/mol. The predicted octanol–water partition coefficient (Wildman–Crippen LogP) is 5.19. The molecule has 2 bridgehead atoms. The molecule has 3 amide bonds. The van der Waals surface area contributed by atoms with Gasteiger partial charge >= 0.3 is 6.03 Å². The largest absolute Gasteiger partial charge is 0.467 e. The standard InChI is InChI=1S/C26H24BrN3O3/c1-26-16-22(21-15-19(27)10-11-23(21)33-26)29-25(32)30(26)20-9-5-8-18(14-20)24(31)28-13-12-17-6-3-2-4-7-17/h2-11,14-15,22H,12-13,16H2,1H3,(H,28,31)(H,29,32)/t22-,26-/m1/s1. The van der Waals surface area contributed by atoms with Gasteiger partial charge in [0, 0.05) is 28.6 Å². The van der Waals surface area contributed by atoms with Gasteiger partial charge in [-0.1, -0.05) is 52.3 Å². The number of urea groups is 1. The predicted molar refractivity (Wildman–Crippen MR) is 130 cm³/mol. The Bertz CT molecular complexity index is 1220. The fourth-order valence-corrected chi connectivity index (χ4v) is 4.97. The third-order valence-electron chi connectivity index (χ3n) is 6.14. The zero-order valence-electron chi connectivity index (χ0n) is 18.2. The van der Waals surface area contributed by atoms with Gasteiger partial charge in [-0.3, -0.25) is 9.69 Å². The molecule has 3 aromatic rings. The van der Waals surface area contributed by atoms with E-state index in [4.69, 9.17) is 4.74 Å². The Labute approximate surface area is 201 Å². The van der Waals surface area contributed by atoms with Crippen LogP contribution >= 0.6 is 15.9 Å². The first-order valence-electron chi connectivity index (χ1n) is 10.9. The van der Waals surface area contributed by atoms with Gasteiger partial charge in [0.25, 0.3) is 5.91 Å². The Balaban J connectivity index is 1.35. The molecule has 2 aliphatic heterocycles. The first-order valence-corrected chi connectivity index (χ1v) is 11.7. The maximum absolute atomic E-state index is 13.1. The fraction of sp³-hybridized carbons (Fsp3) is 0.231. The van der Waals surface area contributed by atoms with Crippen molar-refractivity contribution in [2.24, 2.45) is 0 Å². The lowest BCUT2D eigenvalue weighted by Crippen LogP contribution is -2.65. The van der Waals surface area contributed by atoms with Crippen LogP contribution in [-0.4, -0.2) is 24.2 Å². The summed E-state index contributed by atoms with van der Waals surface area (Å²) in [5.74, 6) is 0.574. The van der Waals surface area contributed by atoms with Crippen molar-refractivity contribution < 1.29 is 14.3 Å². The topological polar surface area (TPSA) is 70.7 Å². The molecule has 0 aliphatic carbocycles. The number of anilines is 1. The molecule has 168 valence electrons. The van der Waals surface area contributed by atoms with E-state index in [-0.39, 0.29) is 18.0 Å². The molecular formula is C26H24BrN3O3. The van der Waals surface area contributed by atoms with Crippen LogP contribution in [0.3, 0.4) is 0 Å². The van der Waals surface area contributed by atoms with E-state index in [2.05, 4.69) is 26.6 Å². The molecule has 2 heterocycles. The van der Waals surface area contributed by atoms with E-state index in [0.29, 0.717) is 24.2 Å². The minimum atomic E-state index is -0.865. The zero-order valence-corrected chi connectivity index (χ0v) is 19.8. The van der Waals surface area contributed by atoms with E-state index in [1.807, 2.05) is 61.5 Å². The number of hydrogen-bond acceptors (Lipinski definition) is 3. The third-order valence-corrected chi connectivity index (χ3v) is 6.64. The van der Waals surface area contributed by atoms with E-state index in [0.717, 1.165) is 22.2 Å². The van der Waals surface area contributed by atoms with E-state index in [1.54, 1.807) is 23.1 Å². The SMILES string of the molecule is C[C@@]12C[C@@H](NC(=O)N1c1cccc(C(=O)NCCc3ccccc3)c1)c1cc(Br)ccc1O2. The normalized spacial score (nSPS) is 21.0. The number of nitrogens with zero attached hydrogens (tertiary/aromatic N) is 1. The summed E-state index contributed by atoms with van der Waals surface area (Å²) in [6.07, 6.45) is 1.35. The van der Waals surface area contributed by atoms with Crippen molar-refractivity contribution in [2.45, 2.75) is 31.5 Å². The lowest BCUT2D eigenvalue weighted by Gasteiger charge is -2.50. The molecular weight excluding hydrogens is 482 g/mol. The van der Waals surface area contributed by atoms with Gasteiger partial charge in [-0.05, 0) is 55.3 Å². The highest BCUT2D eigenvalue weighted by Gasteiger charge is 2.49. The summed E-state index contributed by atoms with van der Waals surface area (Å²) in [6.45, 7) is 2.45. The molecule has 0 aromatic heterocycles. The van der Waals surface area contributed by atoms with Gasteiger partial charge < -0.3 is 15.4 Å². The number of carbonyl (C=O) groups excluding carboxylic acids is 2. The lowest BCUT2D eigenvalue weighted by atomic mass is 9.90. The lowest BCUT2D eigenvalue weighted by molar-refractivity contribution is 0.0378. The number of halogens is 1. The number of benzene rings is 3. The van der Waals surface area contributed by atoms with Crippen molar-refractivity contribution in [1.29, 1.82) is 0 Å². The van der Waals surface area contributed by atoms with Crippen LogP contribution in [-0.2, 0) is 6.42 Å². The van der Waals surface area contributed by atoms with Gasteiger partial charge in [0.05, 0.1) is 11.7 Å². The summed E-state index contributed by atoms with van der Waals surface area (Å²) in [4.78, 5) is 27.5. The van der Waals surface area contributed by atoms with Crippen LogP contribution in [0, 0.1) is 0 Å². The molecule has 33 heavy (non-hydrogen) atoms. The number of nitrogens with one attached hydrogen (secondary N) is 2. The molecule has 2 N–H and O–H groups in total. The molecule has 7 heteroatoms. The molecule has 5 rings (SSSR count). The molecule has 3 aromatic carbocycles. The molecule has 1 fully saturated rings. The van der Waals surface area contributed by atoms with E-state index < -0.39 is 5.72 Å². The van der Waals surface area contributed by atoms with Crippen LogP contribution in [0.2, 0.25) is 0 Å². The maximum atomic E-state index is 13.1. The van der Waals surface area contributed by atoms with Crippen LogP contribution in [0.4, 0.5) is 10.5 Å². The second kappa shape index (κ2) is 8.56.